The number of aromatic nitrogens is 3. The van der Waals surface area contributed by atoms with Gasteiger partial charge >= 0.3 is 0 Å². The van der Waals surface area contributed by atoms with Crippen LogP contribution in [0.25, 0.3) is 0 Å². The van der Waals surface area contributed by atoms with Crippen molar-refractivity contribution in [3.63, 3.8) is 0 Å². The molecule has 0 radical (unpaired) electrons. The van der Waals surface area contributed by atoms with Gasteiger partial charge in [0, 0.05) is 6.54 Å². The first-order chi connectivity index (χ1) is 9.24. The standard InChI is InChI=1S/C16H29N3/c1-4-5-6-7-8-9-10-13-19-16(14-17-18-19)12-11-15(2)3/h4-5,14-15H,6-13H2,1-3H3/b5-4+. The summed E-state index contributed by atoms with van der Waals surface area (Å²) in [5.74, 6) is 0.745. The molecule has 108 valence electrons. The normalized spacial score (nSPS) is 11.8. The van der Waals surface area contributed by atoms with Gasteiger partial charge in [-0.2, -0.15) is 0 Å². The molecule has 1 rings (SSSR count). The van der Waals surface area contributed by atoms with Crippen molar-refractivity contribution in [2.45, 2.75) is 72.3 Å². The molecule has 0 N–H and O–H groups in total. The maximum absolute atomic E-state index is 4.20. The molecule has 0 aliphatic heterocycles. The van der Waals surface area contributed by atoms with E-state index in [4.69, 9.17) is 0 Å². The van der Waals surface area contributed by atoms with Crippen LogP contribution < -0.4 is 0 Å². The van der Waals surface area contributed by atoms with Crippen molar-refractivity contribution in [2.24, 2.45) is 5.92 Å². The smallest absolute Gasteiger partial charge is 0.0725 e. The fraction of sp³-hybridized carbons (Fsp3) is 0.750. The molecule has 0 amide bonds. The van der Waals surface area contributed by atoms with Crippen LogP contribution in [0.2, 0.25) is 0 Å². The van der Waals surface area contributed by atoms with Gasteiger partial charge in [0.15, 0.2) is 0 Å². The van der Waals surface area contributed by atoms with Crippen LogP contribution in [0.3, 0.4) is 0 Å². The Labute approximate surface area is 118 Å². The van der Waals surface area contributed by atoms with Crippen molar-refractivity contribution in [1.29, 1.82) is 0 Å². The highest BCUT2D eigenvalue weighted by Crippen LogP contribution is 2.10. The van der Waals surface area contributed by atoms with Crippen LogP contribution in [-0.2, 0) is 13.0 Å². The lowest BCUT2D eigenvalue weighted by atomic mass is 10.1. The van der Waals surface area contributed by atoms with Crippen LogP contribution in [0.1, 0.15) is 65.0 Å². The molecule has 0 aliphatic rings. The molecule has 1 aromatic rings. The Kier molecular flexibility index (Phi) is 8.19. The number of aryl methyl sites for hydroxylation is 2. The topological polar surface area (TPSA) is 30.7 Å². The summed E-state index contributed by atoms with van der Waals surface area (Å²) in [6.45, 7) is 7.64. The van der Waals surface area contributed by atoms with Gasteiger partial charge in [-0.3, -0.25) is 0 Å². The van der Waals surface area contributed by atoms with Crippen LogP contribution in [0.5, 0.6) is 0 Å². The molecule has 0 aliphatic carbocycles. The zero-order valence-corrected chi connectivity index (χ0v) is 12.8. The van der Waals surface area contributed by atoms with Gasteiger partial charge in [-0.25, -0.2) is 4.68 Å². The molecule has 3 nitrogen and oxygen atoms in total. The Morgan fingerprint density at radius 2 is 2.00 bits per heavy atom. The molecule has 0 fully saturated rings. The fourth-order valence-electron chi connectivity index (χ4n) is 2.14. The molecule has 0 spiro atoms. The highest BCUT2D eigenvalue weighted by molar-refractivity contribution is 4.94. The van der Waals surface area contributed by atoms with Crippen LogP contribution in [0, 0.1) is 5.92 Å². The van der Waals surface area contributed by atoms with E-state index < -0.39 is 0 Å². The summed E-state index contributed by atoms with van der Waals surface area (Å²) in [5.41, 5.74) is 1.29. The van der Waals surface area contributed by atoms with E-state index >= 15 is 0 Å². The average Bonchev–Trinajstić information content (AvgIpc) is 2.83. The van der Waals surface area contributed by atoms with Crippen LogP contribution in [0.15, 0.2) is 18.3 Å². The van der Waals surface area contributed by atoms with E-state index in [1.807, 2.05) is 6.20 Å². The van der Waals surface area contributed by atoms with Gasteiger partial charge in [-0.05, 0) is 44.9 Å². The van der Waals surface area contributed by atoms with Crippen LogP contribution in [0.4, 0.5) is 0 Å². The summed E-state index contributed by atoms with van der Waals surface area (Å²) in [4.78, 5) is 0. The molecular formula is C16H29N3. The lowest BCUT2D eigenvalue weighted by Gasteiger charge is -2.07. The zero-order valence-electron chi connectivity index (χ0n) is 12.8. The van der Waals surface area contributed by atoms with E-state index in [9.17, 15) is 0 Å². The average molecular weight is 263 g/mol. The highest BCUT2D eigenvalue weighted by atomic mass is 15.4. The number of nitrogens with zero attached hydrogens (tertiary/aromatic N) is 3. The van der Waals surface area contributed by atoms with Crippen molar-refractivity contribution >= 4 is 0 Å². The van der Waals surface area contributed by atoms with Crippen molar-refractivity contribution in [2.75, 3.05) is 0 Å². The summed E-state index contributed by atoms with van der Waals surface area (Å²) < 4.78 is 2.09. The summed E-state index contributed by atoms with van der Waals surface area (Å²) in [6, 6.07) is 0. The van der Waals surface area contributed by atoms with Crippen molar-refractivity contribution in [3.05, 3.63) is 24.0 Å². The first-order valence-corrected chi connectivity index (χ1v) is 7.72. The second kappa shape index (κ2) is 9.76. The number of unbranched alkanes of at least 4 members (excludes halogenated alkanes) is 4. The van der Waals surface area contributed by atoms with Crippen molar-refractivity contribution in [1.82, 2.24) is 15.0 Å². The van der Waals surface area contributed by atoms with Gasteiger partial charge in [0.2, 0.25) is 0 Å². The first-order valence-electron chi connectivity index (χ1n) is 7.72. The molecule has 0 atom stereocenters. The summed E-state index contributed by atoms with van der Waals surface area (Å²) >= 11 is 0. The third-order valence-corrected chi connectivity index (χ3v) is 3.40. The Morgan fingerprint density at radius 3 is 2.74 bits per heavy atom. The van der Waals surface area contributed by atoms with Gasteiger partial charge in [0.25, 0.3) is 0 Å². The molecule has 0 aromatic carbocycles. The third kappa shape index (κ3) is 7.14. The maximum Gasteiger partial charge on any atom is 0.0725 e. The number of hydrogen-bond acceptors (Lipinski definition) is 2. The summed E-state index contributed by atoms with van der Waals surface area (Å²) in [6.07, 6.45) is 15.0. The van der Waals surface area contributed by atoms with Gasteiger partial charge in [0.05, 0.1) is 11.9 Å². The van der Waals surface area contributed by atoms with Crippen LogP contribution in [-0.4, -0.2) is 15.0 Å². The van der Waals surface area contributed by atoms with E-state index in [2.05, 4.69) is 47.9 Å². The molecular weight excluding hydrogens is 234 g/mol. The first kappa shape index (κ1) is 15.9. The second-order valence-corrected chi connectivity index (χ2v) is 5.65. The Morgan fingerprint density at radius 1 is 1.21 bits per heavy atom. The Bertz CT molecular complexity index is 353. The lowest BCUT2D eigenvalue weighted by molar-refractivity contribution is 0.494. The minimum absolute atomic E-state index is 0.745. The molecule has 19 heavy (non-hydrogen) atoms. The SMILES string of the molecule is C/C=C/CCCCCCn1nncc1CCC(C)C. The Hall–Kier alpha value is -1.12. The molecule has 0 unspecified atom stereocenters. The Balaban J connectivity index is 2.16. The highest BCUT2D eigenvalue weighted by Gasteiger charge is 2.04. The van der Waals surface area contributed by atoms with E-state index in [-0.39, 0.29) is 0 Å². The van der Waals surface area contributed by atoms with Gasteiger partial charge in [-0.15, -0.1) is 5.10 Å². The summed E-state index contributed by atoms with van der Waals surface area (Å²) in [5, 5.41) is 8.24. The van der Waals surface area contributed by atoms with Gasteiger partial charge in [0.1, 0.15) is 0 Å². The van der Waals surface area contributed by atoms with E-state index in [1.54, 1.807) is 0 Å². The van der Waals surface area contributed by atoms with Crippen LogP contribution >= 0.6 is 0 Å². The molecule has 3 heteroatoms. The third-order valence-electron chi connectivity index (χ3n) is 3.40. The lowest BCUT2D eigenvalue weighted by Crippen LogP contribution is -2.06. The minimum Gasteiger partial charge on any atom is -0.249 e. The van der Waals surface area contributed by atoms with Gasteiger partial charge in [-0.1, -0.05) is 44.1 Å². The monoisotopic (exact) mass is 263 g/mol. The summed E-state index contributed by atoms with van der Waals surface area (Å²) in [7, 11) is 0. The minimum atomic E-state index is 0.745. The predicted molar refractivity (Wildman–Crippen MR) is 81.1 cm³/mol. The van der Waals surface area contributed by atoms with E-state index in [1.165, 1.54) is 44.2 Å². The second-order valence-electron chi connectivity index (χ2n) is 5.65. The van der Waals surface area contributed by atoms with E-state index in [0.717, 1.165) is 18.9 Å². The number of hydrogen-bond donors (Lipinski definition) is 0. The largest absolute Gasteiger partial charge is 0.249 e. The number of rotatable bonds is 10. The molecule has 0 bridgehead atoms. The van der Waals surface area contributed by atoms with Crippen molar-refractivity contribution < 1.29 is 0 Å². The maximum atomic E-state index is 4.20. The molecule has 0 saturated heterocycles. The quantitative estimate of drug-likeness (QED) is 0.463. The predicted octanol–water partition coefficient (Wildman–Crippen LogP) is 4.39. The van der Waals surface area contributed by atoms with E-state index in [0.29, 0.717) is 0 Å². The van der Waals surface area contributed by atoms with Crippen molar-refractivity contribution in [3.8, 4) is 0 Å². The fourth-order valence-corrected chi connectivity index (χ4v) is 2.14. The zero-order chi connectivity index (χ0) is 13.9. The molecule has 1 aromatic heterocycles. The number of allylic oxidation sites excluding steroid dienone is 2. The molecule has 0 saturated carbocycles. The van der Waals surface area contributed by atoms with Gasteiger partial charge < -0.3 is 0 Å². The molecule has 1 heterocycles.